The van der Waals surface area contributed by atoms with Crippen molar-refractivity contribution in [2.75, 3.05) is 87.1 Å². The lowest BCUT2D eigenvalue weighted by Gasteiger charge is -2.40. The largest absolute Gasteiger partial charge is 0.370 e. The predicted molar refractivity (Wildman–Crippen MR) is 190 cm³/mol. The van der Waals surface area contributed by atoms with Gasteiger partial charge < -0.3 is 20.0 Å². The molecular weight excluding hydrogens is 649 g/mol. The minimum atomic E-state index is -0.657. The van der Waals surface area contributed by atoms with Crippen molar-refractivity contribution in [1.82, 2.24) is 29.7 Å². The zero-order chi connectivity index (χ0) is 32.9. The molecule has 0 unspecified atom stereocenters. The number of pyridine rings is 2. The quantitative estimate of drug-likeness (QED) is 0.246. The lowest BCUT2D eigenvalue weighted by molar-refractivity contribution is 0.0622. The summed E-state index contributed by atoms with van der Waals surface area (Å²) >= 11 is 7.47. The molecule has 6 heterocycles. The summed E-state index contributed by atoms with van der Waals surface area (Å²) in [5.74, 6) is 0.534. The van der Waals surface area contributed by atoms with Crippen molar-refractivity contribution in [3.05, 3.63) is 88.5 Å². The fraction of sp³-hybridized carbons (Fsp3) is 0.429. The fourth-order valence-corrected chi connectivity index (χ4v) is 7.65. The van der Waals surface area contributed by atoms with E-state index in [1.54, 1.807) is 28.5 Å². The zero-order valence-electron chi connectivity index (χ0n) is 27.0. The number of carbonyl (C=O) groups is 1. The third-order valence-electron chi connectivity index (χ3n) is 9.64. The van der Waals surface area contributed by atoms with Crippen LogP contribution in [0, 0.1) is 11.7 Å². The first-order valence-corrected chi connectivity index (χ1v) is 18.0. The van der Waals surface area contributed by atoms with Crippen molar-refractivity contribution in [3.8, 4) is 0 Å². The van der Waals surface area contributed by atoms with Crippen LogP contribution in [-0.2, 0) is 6.54 Å². The summed E-state index contributed by atoms with van der Waals surface area (Å²) in [4.78, 5) is 38.3. The number of aromatic nitrogens is 3. The number of piperidine rings is 1. The second-order valence-electron chi connectivity index (χ2n) is 12.8. The van der Waals surface area contributed by atoms with E-state index in [-0.39, 0.29) is 16.5 Å². The Kier molecular flexibility index (Phi) is 10.3. The van der Waals surface area contributed by atoms with E-state index in [4.69, 9.17) is 16.6 Å². The molecule has 0 saturated carbocycles. The van der Waals surface area contributed by atoms with E-state index in [1.807, 2.05) is 23.8 Å². The molecule has 13 heteroatoms. The Balaban J connectivity index is 0.951. The first kappa shape index (κ1) is 32.7. The Morgan fingerprint density at radius 2 is 1.67 bits per heavy atom. The van der Waals surface area contributed by atoms with Crippen LogP contribution in [-0.4, -0.2) is 108 Å². The van der Waals surface area contributed by atoms with Gasteiger partial charge in [0, 0.05) is 108 Å². The molecule has 10 nitrogen and oxygen atoms in total. The van der Waals surface area contributed by atoms with Crippen LogP contribution in [0.3, 0.4) is 0 Å². The normalized spacial score (nSPS) is 18.3. The highest BCUT2D eigenvalue weighted by atomic mass is 35.5. The van der Waals surface area contributed by atoms with Gasteiger partial charge in [-0.2, -0.15) is 0 Å². The van der Waals surface area contributed by atoms with E-state index in [9.17, 15) is 9.18 Å². The number of thiazole rings is 1. The van der Waals surface area contributed by atoms with Crippen LogP contribution in [0.1, 0.15) is 28.9 Å². The van der Waals surface area contributed by atoms with Crippen LogP contribution in [0.2, 0.25) is 5.02 Å². The van der Waals surface area contributed by atoms with Gasteiger partial charge in [-0.05, 0) is 49.1 Å². The molecule has 3 fully saturated rings. The first-order valence-electron chi connectivity index (χ1n) is 16.7. The smallest absolute Gasteiger partial charge is 0.256 e. The highest BCUT2D eigenvalue weighted by Gasteiger charge is 2.27. The van der Waals surface area contributed by atoms with Crippen molar-refractivity contribution in [2.24, 2.45) is 5.92 Å². The van der Waals surface area contributed by atoms with E-state index >= 15 is 0 Å². The van der Waals surface area contributed by atoms with E-state index in [0.717, 1.165) is 74.1 Å². The summed E-state index contributed by atoms with van der Waals surface area (Å²) < 4.78 is 14.5. The van der Waals surface area contributed by atoms with Crippen LogP contribution in [0.4, 0.5) is 26.7 Å². The Labute approximate surface area is 290 Å². The van der Waals surface area contributed by atoms with Gasteiger partial charge in [0.1, 0.15) is 5.82 Å². The van der Waals surface area contributed by atoms with Crippen molar-refractivity contribution >= 4 is 51.2 Å². The molecule has 0 atom stereocenters. The molecule has 3 saturated heterocycles. The standard InChI is InChI=1S/C35H41ClFN9OS/c36-31-5-1-4-30(33(31)37)34(47)46-18-14-43(15-19-46)25-27-21-29(22-32(40-27)41-35-39-9-20-48-35)45-16-12-42(13-17-45)24-26-6-10-44(11-7-26)28-3-2-8-38-23-28/h1-5,8-9,20-23,26H,6-7,10-19,24-25H2,(H,39,40,41). The number of amides is 1. The molecule has 7 rings (SSSR count). The summed E-state index contributed by atoms with van der Waals surface area (Å²) in [6.07, 6.45) is 8.03. The number of nitrogens with one attached hydrogen (secondary N) is 1. The molecule has 1 N–H and O–H groups in total. The molecule has 1 aromatic carbocycles. The summed E-state index contributed by atoms with van der Waals surface area (Å²) in [6.45, 7) is 10.4. The third kappa shape index (κ3) is 7.89. The topological polar surface area (TPSA) is 84.0 Å². The number of hydrogen-bond donors (Lipinski definition) is 1. The van der Waals surface area contributed by atoms with Crippen molar-refractivity contribution in [1.29, 1.82) is 0 Å². The third-order valence-corrected chi connectivity index (χ3v) is 10.6. The summed E-state index contributed by atoms with van der Waals surface area (Å²) in [7, 11) is 0. The average molecular weight is 690 g/mol. The van der Waals surface area contributed by atoms with Gasteiger partial charge in [0.15, 0.2) is 10.9 Å². The first-order chi connectivity index (χ1) is 23.5. The number of anilines is 4. The molecule has 0 aliphatic carbocycles. The minimum absolute atomic E-state index is 0.0227. The Hall–Kier alpha value is -3.84. The molecule has 0 spiro atoms. The molecule has 0 radical (unpaired) electrons. The molecule has 1 amide bonds. The number of rotatable bonds is 9. The van der Waals surface area contributed by atoms with Crippen molar-refractivity contribution < 1.29 is 9.18 Å². The van der Waals surface area contributed by atoms with Crippen molar-refractivity contribution in [2.45, 2.75) is 19.4 Å². The maximum Gasteiger partial charge on any atom is 0.256 e. The zero-order valence-corrected chi connectivity index (χ0v) is 28.6. The number of hydrogen-bond acceptors (Lipinski definition) is 10. The van der Waals surface area contributed by atoms with Crippen LogP contribution >= 0.6 is 22.9 Å². The molecule has 3 aliphatic rings. The van der Waals surface area contributed by atoms with Gasteiger partial charge in [0.25, 0.3) is 5.91 Å². The Morgan fingerprint density at radius 3 is 2.40 bits per heavy atom. The Morgan fingerprint density at radius 1 is 0.896 bits per heavy atom. The van der Waals surface area contributed by atoms with Gasteiger partial charge in [-0.25, -0.2) is 14.4 Å². The maximum atomic E-state index is 14.5. The number of halogens is 2. The highest BCUT2D eigenvalue weighted by molar-refractivity contribution is 7.13. The molecule has 0 bridgehead atoms. The van der Waals surface area contributed by atoms with E-state index in [0.29, 0.717) is 32.7 Å². The van der Waals surface area contributed by atoms with E-state index in [1.165, 1.54) is 30.7 Å². The molecule has 4 aromatic rings. The SMILES string of the molecule is O=C(c1cccc(Cl)c1F)N1CCN(Cc2cc(N3CCN(CC4CCN(c5cccnc5)CC4)CC3)cc(Nc3nccs3)n2)CC1. The molecule has 3 aliphatic heterocycles. The lowest BCUT2D eigenvalue weighted by atomic mass is 9.95. The van der Waals surface area contributed by atoms with Gasteiger partial charge >= 0.3 is 0 Å². The van der Waals surface area contributed by atoms with Gasteiger partial charge in [0.2, 0.25) is 0 Å². The molecule has 48 heavy (non-hydrogen) atoms. The van der Waals surface area contributed by atoms with Crippen LogP contribution in [0.15, 0.2) is 66.4 Å². The monoisotopic (exact) mass is 689 g/mol. The van der Waals surface area contributed by atoms with Crippen LogP contribution in [0.5, 0.6) is 0 Å². The minimum Gasteiger partial charge on any atom is -0.370 e. The summed E-state index contributed by atoms with van der Waals surface area (Å²) in [5, 5.41) is 6.13. The maximum absolute atomic E-state index is 14.5. The van der Waals surface area contributed by atoms with E-state index < -0.39 is 5.82 Å². The number of benzene rings is 1. The summed E-state index contributed by atoms with van der Waals surface area (Å²) in [6, 6.07) is 13.1. The number of piperazine rings is 2. The van der Waals surface area contributed by atoms with Crippen LogP contribution < -0.4 is 15.1 Å². The lowest BCUT2D eigenvalue weighted by Crippen LogP contribution is -2.49. The van der Waals surface area contributed by atoms with Crippen LogP contribution in [0.25, 0.3) is 0 Å². The van der Waals surface area contributed by atoms with Gasteiger partial charge in [-0.1, -0.05) is 17.7 Å². The van der Waals surface area contributed by atoms with Gasteiger partial charge in [0.05, 0.1) is 28.2 Å². The number of nitrogens with zero attached hydrogens (tertiary/aromatic N) is 8. The Bertz CT molecular complexity index is 1660. The molecule has 252 valence electrons. The second-order valence-corrected chi connectivity index (χ2v) is 14.1. The van der Waals surface area contributed by atoms with Gasteiger partial charge in [-0.3, -0.25) is 19.6 Å². The van der Waals surface area contributed by atoms with Crippen molar-refractivity contribution in [3.63, 3.8) is 0 Å². The van der Waals surface area contributed by atoms with E-state index in [2.05, 4.69) is 53.1 Å². The average Bonchev–Trinajstić information content (AvgIpc) is 3.63. The number of carbonyl (C=O) groups excluding carboxylic acids is 1. The molecule has 3 aromatic heterocycles. The fourth-order valence-electron chi connectivity index (χ4n) is 6.94. The van der Waals surface area contributed by atoms with Gasteiger partial charge in [-0.15, -0.1) is 11.3 Å². The summed E-state index contributed by atoms with van der Waals surface area (Å²) in [5.41, 5.74) is 3.38. The second kappa shape index (κ2) is 15.1. The predicted octanol–water partition coefficient (Wildman–Crippen LogP) is 5.47. The highest BCUT2D eigenvalue weighted by Crippen LogP contribution is 2.28. The molecular formula is C35H41ClFN9OS.